The van der Waals surface area contributed by atoms with Crippen LogP contribution in [-0.2, 0) is 91.4 Å². The summed E-state index contributed by atoms with van der Waals surface area (Å²) in [6.07, 6.45) is 11.9. The molecule has 40 heteroatoms. The Morgan fingerprint density at radius 1 is 0.484 bits per heavy atom. The number of fused-ring (bicyclic) bond motifs is 3. The van der Waals surface area contributed by atoms with Crippen LogP contribution in [0.5, 0.6) is 17.2 Å². The summed E-state index contributed by atoms with van der Waals surface area (Å²) in [5.74, 6) is 0.268. The van der Waals surface area contributed by atoms with Gasteiger partial charge in [0.05, 0.1) is 68.3 Å². The number of piperidine rings is 1. The molecular weight excluding hydrogens is 1640 g/mol. The van der Waals surface area contributed by atoms with E-state index in [1.54, 1.807) is 69.4 Å². The number of anilines is 1. The Hall–Kier alpha value is -12.2. The van der Waals surface area contributed by atoms with Crippen LogP contribution < -0.4 is 52.1 Å². The molecule has 0 unspecified atom stereocenters. The average molecular weight is 1740 g/mol. The summed E-state index contributed by atoms with van der Waals surface area (Å²) in [5.41, 5.74) is 12.0. The molecule has 0 saturated carbocycles. The maximum absolute atomic E-state index is 13.8. The smallest absolute Gasteiger partial charge is 0.277 e. The summed E-state index contributed by atoms with van der Waals surface area (Å²) in [4.78, 5) is 97.4. The number of sulfonamides is 3. The zero-order valence-electron chi connectivity index (χ0n) is 68.9. The van der Waals surface area contributed by atoms with Gasteiger partial charge in [0, 0.05) is 91.2 Å². The van der Waals surface area contributed by atoms with Gasteiger partial charge in [0.2, 0.25) is 26.0 Å². The normalized spacial score (nSPS) is 13.9. The van der Waals surface area contributed by atoms with Crippen LogP contribution >= 0.6 is 0 Å². The van der Waals surface area contributed by atoms with E-state index in [0.29, 0.717) is 200 Å². The van der Waals surface area contributed by atoms with E-state index in [4.69, 9.17) is 39.8 Å². The van der Waals surface area contributed by atoms with Gasteiger partial charge in [0.25, 0.3) is 38.5 Å². The second kappa shape index (κ2) is 40.5. The Morgan fingerprint density at radius 2 is 0.852 bits per heavy atom. The molecule has 2 aliphatic rings. The van der Waals surface area contributed by atoms with Gasteiger partial charge >= 0.3 is 0 Å². The van der Waals surface area contributed by atoms with Gasteiger partial charge in [-0.05, 0) is 161 Å². The molecule has 0 aliphatic carbocycles. The first-order chi connectivity index (χ1) is 58.5. The van der Waals surface area contributed by atoms with Crippen LogP contribution in [0.2, 0.25) is 0 Å². The minimum atomic E-state index is -4.04. The summed E-state index contributed by atoms with van der Waals surface area (Å²) in [6, 6.07) is 27.5. The van der Waals surface area contributed by atoms with Crippen molar-refractivity contribution in [2.24, 2.45) is 27.1 Å². The zero-order valence-corrected chi connectivity index (χ0v) is 71.4. The van der Waals surface area contributed by atoms with Crippen molar-refractivity contribution < 1.29 is 69.5 Å². The van der Waals surface area contributed by atoms with E-state index < -0.39 is 53.4 Å². The number of hydroxylamine groups is 3. The molecule has 0 atom stereocenters. The van der Waals surface area contributed by atoms with E-state index in [9.17, 15) is 54.0 Å². The molecule has 5 aromatic carbocycles. The van der Waals surface area contributed by atoms with Crippen LogP contribution in [-0.4, -0.2) is 190 Å². The summed E-state index contributed by atoms with van der Waals surface area (Å²) >= 11 is 0. The highest BCUT2D eigenvalue weighted by molar-refractivity contribution is 7.92. The highest BCUT2D eigenvalue weighted by Crippen LogP contribution is 2.37. The number of amides is 3. The Bertz CT molecular complexity index is 6250. The third-order valence-corrected chi connectivity index (χ3v) is 25.5. The second-order valence-electron chi connectivity index (χ2n) is 28.8. The number of H-pyrrole nitrogens is 3. The number of carbonyl (C=O) groups is 3. The molecule has 3 amide bonds. The van der Waals surface area contributed by atoms with E-state index in [0.717, 1.165) is 36.5 Å². The van der Waals surface area contributed by atoms with Gasteiger partial charge in [-0.1, -0.05) is 76.4 Å². The Labute approximate surface area is 702 Å². The van der Waals surface area contributed by atoms with Gasteiger partial charge in [-0.15, -0.1) is 0 Å². The third kappa shape index (κ3) is 21.2. The molecule has 2 saturated heterocycles. The topological polar surface area (TPSA) is 491 Å². The molecule has 2 fully saturated rings. The van der Waals surface area contributed by atoms with Crippen LogP contribution in [0.3, 0.4) is 0 Å². The number of nitrogens with zero attached hydrogens (tertiary/aromatic N) is 12. The number of piperazine rings is 1. The van der Waals surface area contributed by atoms with Crippen molar-refractivity contribution in [3.05, 3.63) is 180 Å². The van der Waals surface area contributed by atoms with Gasteiger partial charge in [-0.25, -0.2) is 56.6 Å². The number of hydrogen-bond acceptors (Lipinski definition) is 25. The largest absolute Gasteiger partial charge is 0.493 e. The summed E-state index contributed by atoms with van der Waals surface area (Å²) in [5, 5.41) is 39.2. The molecule has 648 valence electrons. The van der Waals surface area contributed by atoms with Crippen molar-refractivity contribution in [3.63, 3.8) is 0 Å². The predicted octanol–water partition coefficient (Wildman–Crippen LogP) is 8.06. The molecule has 8 heterocycles. The minimum Gasteiger partial charge on any atom is -0.493 e. The molecule has 10 N–H and O–H groups in total. The second-order valence-corrected chi connectivity index (χ2v) is 34.3. The van der Waals surface area contributed by atoms with Gasteiger partial charge in [-0.2, -0.15) is 23.9 Å². The number of hydrogen-bond donors (Lipinski definition) is 10. The molecule has 0 radical (unpaired) electrons. The molecular formula is C82H99N19O18S3. The lowest BCUT2D eigenvalue weighted by Gasteiger charge is -2.34. The van der Waals surface area contributed by atoms with Crippen molar-refractivity contribution >= 4 is 98.7 Å². The Balaban J connectivity index is 0.000000179. The zero-order chi connectivity index (χ0) is 87.7. The Kier molecular flexibility index (Phi) is 30.1. The monoisotopic (exact) mass is 1730 g/mol. The first-order valence-corrected chi connectivity index (χ1v) is 44.2. The maximum atomic E-state index is 13.8. The Morgan fingerprint density at radius 3 is 1.22 bits per heavy atom. The van der Waals surface area contributed by atoms with Crippen molar-refractivity contribution in [3.8, 4) is 51.4 Å². The lowest BCUT2D eigenvalue weighted by atomic mass is 9.93. The molecule has 0 bridgehead atoms. The quantitative estimate of drug-likeness (QED) is 0.0111. The predicted molar refractivity (Wildman–Crippen MR) is 455 cm³/mol. The molecule has 37 nitrogen and oxygen atoms in total. The first-order valence-electron chi connectivity index (χ1n) is 39.8. The number of aromatic nitrogens is 12. The fourth-order valence-electron chi connectivity index (χ4n) is 14.3. The number of nitrogens with one attached hydrogen (secondary N) is 7. The number of aryl methyl sites for hydroxylation is 6. The molecule has 13 rings (SSSR count). The summed E-state index contributed by atoms with van der Waals surface area (Å²) in [6.45, 7) is 15.6. The van der Waals surface area contributed by atoms with Crippen LogP contribution in [0.15, 0.2) is 144 Å². The van der Waals surface area contributed by atoms with Gasteiger partial charge in [0.15, 0.2) is 16.6 Å². The molecule has 122 heavy (non-hydrogen) atoms. The average Bonchev–Trinajstić information content (AvgIpc) is 1.50. The standard InChI is InChI=1S/C31H37N7O6S.C26H28N6O6S.C25H34N6O6S/c1-4-6-25-28-29(36(3)34-25)31(40)33-30(32-28)24-19-23(12-13-26(24)44-5-2)45(42,43)38-17-15-37(16-18-38)20-22-9-7-21(8-10-22)11-14-27(39)35-41;1-4-6-20-23-24(32(3)29-20)26(34)28-25(27-23)19-15-18(12-13-21(19)38-5-2)39(36,37)31-17-10-7-16(8-11-17)9-14-22(33)30-35;1-4-6-19-22-23(30(3)28-19)25(33)27-24(26-22)18-15-17(8-9-20(18)37-5-2)38(35,36)31-13-11-16(12-14-31)7-10-21(32)29-34/h7-14,19,41H,4-6,15-18,20H2,1-3H3,(H,35,39)(H,32,33,40);7-15,31,35H,4-6H2,1-3H3,(H,30,33)(H,27,28,34);8-9,15-16,34H,4-7,10-14H2,1-3H3,(H,29,32)(H,26,27,33)/b14-11+;14-9+;. The van der Waals surface area contributed by atoms with Crippen molar-refractivity contribution in [1.29, 1.82) is 0 Å². The summed E-state index contributed by atoms with van der Waals surface area (Å²) in [7, 11) is -6.64. The third-order valence-electron chi connectivity index (χ3n) is 20.3. The summed E-state index contributed by atoms with van der Waals surface area (Å²) < 4.78 is 109. The van der Waals surface area contributed by atoms with E-state index in [1.165, 1.54) is 94.9 Å². The van der Waals surface area contributed by atoms with E-state index in [1.807, 2.05) is 58.9 Å². The highest BCUT2D eigenvalue weighted by atomic mass is 32.2. The number of carbonyl (C=O) groups excluding carboxylic acids is 3. The lowest BCUT2D eigenvalue weighted by Crippen LogP contribution is -2.48. The van der Waals surface area contributed by atoms with Gasteiger partial charge in [-0.3, -0.25) is 68.1 Å². The van der Waals surface area contributed by atoms with Crippen LogP contribution in [0.25, 0.3) is 79.4 Å². The molecule has 2 aliphatic heterocycles. The number of rotatable bonds is 31. The highest BCUT2D eigenvalue weighted by Gasteiger charge is 2.34. The van der Waals surface area contributed by atoms with Crippen molar-refractivity contribution in [1.82, 2.24) is 89.2 Å². The molecule has 6 aromatic heterocycles. The van der Waals surface area contributed by atoms with E-state index in [2.05, 4.69) is 44.9 Å². The fourth-order valence-corrected chi connectivity index (χ4v) is 18.3. The fraction of sp³-hybridized carbons (Fsp3) is 0.366. The minimum absolute atomic E-state index is 0.0627. The van der Waals surface area contributed by atoms with Gasteiger partial charge in [0.1, 0.15) is 51.3 Å². The molecule has 0 spiro atoms. The number of aromatic amines is 3. The SMILES string of the molecule is CCCc1nn(C)c2c(=O)[nH]c(-c3cc(S(=O)(=O)N4CCC(CCC(=O)NO)CC4)ccc3OCC)nc12.CCCc1nn(C)c2c(=O)[nH]c(-c3cc(S(=O)(=O)N4CCN(Cc5ccc(/C=C/C(=O)NO)cc5)CC4)ccc3OCC)nc12.CCCc1nn(C)c2c(=O)[nH]c(-c3cc(S(=O)(=O)Nc4ccc(/C=C/C(=O)NO)cc4)ccc3OCC)nc12. The first kappa shape index (κ1) is 90.6. The van der Waals surface area contributed by atoms with E-state index >= 15 is 0 Å². The van der Waals surface area contributed by atoms with Crippen LogP contribution in [0.1, 0.15) is 120 Å². The number of ether oxygens (including phenoxy) is 3. The number of benzene rings is 5. The molecule has 11 aromatic rings. The van der Waals surface area contributed by atoms with Crippen molar-refractivity contribution in [2.45, 2.75) is 127 Å². The maximum Gasteiger partial charge on any atom is 0.277 e. The lowest BCUT2D eigenvalue weighted by molar-refractivity contribution is -0.129. The van der Waals surface area contributed by atoms with Crippen LogP contribution in [0.4, 0.5) is 5.69 Å². The van der Waals surface area contributed by atoms with Crippen LogP contribution in [0, 0.1) is 5.92 Å². The van der Waals surface area contributed by atoms with Crippen molar-refractivity contribution in [2.75, 3.05) is 63.8 Å². The van der Waals surface area contributed by atoms with Gasteiger partial charge < -0.3 is 29.2 Å². The van der Waals surface area contributed by atoms with E-state index in [-0.39, 0.29) is 55.6 Å².